The molecule has 0 amide bonds. The fourth-order valence-corrected chi connectivity index (χ4v) is 2.16. The van der Waals surface area contributed by atoms with Gasteiger partial charge in [0.05, 0.1) is 0 Å². The zero-order valence-corrected chi connectivity index (χ0v) is 11.6. The molecule has 1 fully saturated rings. The van der Waals surface area contributed by atoms with Crippen LogP contribution in [-0.4, -0.2) is 47.7 Å². The quantitative estimate of drug-likeness (QED) is 0.864. The van der Waals surface area contributed by atoms with E-state index in [1.54, 1.807) is 11.9 Å². The molecular weight excluding hydrogens is 244 g/mol. The summed E-state index contributed by atoms with van der Waals surface area (Å²) in [6.07, 6.45) is 3.66. The van der Waals surface area contributed by atoms with E-state index in [1.807, 2.05) is 20.0 Å². The molecular formula is C13H20N4O2. The van der Waals surface area contributed by atoms with E-state index in [-0.39, 0.29) is 6.54 Å². The van der Waals surface area contributed by atoms with E-state index in [9.17, 15) is 4.79 Å². The number of nitrogens with zero attached hydrogens (tertiary/aromatic N) is 4. The average Bonchev–Trinajstić information content (AvgIpc) is 2.24. The summed E-state index contributed by atoms with van der Waals surface area (Å²) in [5.74, 6) is 1.31. The van der Waals surface area contributed by atoms with Crippen molar-refractivity contribution in [1.29, 1.82) is 0 Å². The molecule has 1 aliphatic rings. The van der Waals surface area contributed by atoms with Gasteiger partial charge in [-0.05, 0) is 26.2 Å². The van der Waals surface area contributed by atoms with Gasteiger partial charge in [0.2, 0.25) is 0 Å². The SMILES string of the molecule is Cc1nc(N(C)CC(=O)O)cc(N(C)C2CCC2)n1. The number of rotatable bonds is 5. The third-order valence-corrected chi connectivity index (χ3v) is 3.56. The molecule has 0 aliphatic heterocycles. The fraction of sp³-hybridized carbons (Fsp3) is 0.615. The third kappa shape index (κ3) is 3.13. The van der Waals surface area contributed by atoms with Gasteiger partial charge in [0.25, 0.3) is 0 Å². The lowest BCUT2D eigenvalue weighted by Gasteiger charge is -2.35. The molecule has 104 valence electrons. The minimum atomic E-state index is -0.868. The molecule has 6 heteroatoms. The van der Waals surface area contributed by atoms with Gasteiger partial charge >= 0.3 is 5.97 Å². The zero-order valence-electron chi connectivity index (χ0n) is 11.6. The molecule has 0 radical (unpaired) electrons. The van der Waals surface area contributed by atoms with Crippen molar-refractivity contribution in [3.8, 4) is 0 Å². The van der Waals surface area contributed by atoms with E-state index in [2.05, 4.69) is 14.9 Å². The second-order valence-electron chi connectivity index (χ2n) is 5.08. The van der Waals surface area contributed by atoms with Crippen LogP contribution in [0.3, 0.4) is 0 Å². The number of carboxylic acids is 1. The van der Waals surface area contributed by atoms with Crippen LogP contribution in [0.25, 0.3) is 0 Å². The van der Waals surface area contributed by atoms with Crippen molar-refractivity contribution in [1.82, 2.24) is 9.97 Å². The summed E-state index contributed by atoms with van der Waals surface area (Å²) >= 11 is 0. The first-order valence-corrected chi connectivity index (χ1v) is 6.49. The van der Waals surface area contributed by atoms with Crippen molar-refractivity contribution >= 4 is 17.6 Å². The lowest BCUT2D eigenvalue weighted by Crippen LogP contribution is -2.38. The number of hydrogen-bond acceptors (Lipinski definition) is 5. The summed E-state index contributed by atoms with van der Waals surface area (Å²) in [6, 6.07) is 2.40. The summed E-state index contributed by atoms with van der Waals surface area (Å²) in [7, 11) is 3.76. The molecule has 1 aromatic rings. The maximum Gasteiger partial charge on any atom is 0.323 e. The molecule has 0 unspecified atom stereocenters. The molecule has 1 heterocycles. The first kappa shape index (κ1) is 13.6. The fourth-order valence-electron chi connectivity index (χ4n) is 2.16. The molecule has 0 bridgehead atoms. The van der Waals surface area contributed by atoms with Crippen LogP contribution in [0.4, 0.5) is 11.6 Å². The normalized spacial score (nSPS) is 14.9. The average molecular weight is 264 g/mol. The predicted molar refractivity (Wildman–Crippen MR) is 73.7 cm³/mol. The van der Waals surface area contributed by atoms with E-state index in [0.29, 0.717) is 17.7 Å². The maximum absolute atomic E-state index is 10.8. The molecule has 19 heavy (non-hydrogen) atoms. The largest absolute Gasteiger partial charge is 0.480 e. The number of aliphatic carboxylic acids is 1. The smallest absolute Gasteiger partial charge is 0.323 e. The highest BCUT2D eigenvalue weighted by molar-refractivity contribution is 5.73. The monoisotopic (exact) mass is 264 g/mol. The van der Waals surface area contributed by atoms with E-state index in [4.69, 9.17) is 5.11 Å². The van der Waals surface area contributed by atoms with Crippen molar-refractivity contribution in [2.45, 2.75) is 32.2 Å². The van der Waals surface area contributed by atoms with E-state index < -0.39 is 5.97 Å². The zero-order chi connectivity index (χ0) is 14.0. The van der Waals surface area contributed by atoms with Gasteiger partial charge < -0.3 is 14.9 Å². The van der Waals surface area contributed by atoms with Crippen molar-refractivity contribution in [3.63, 3.8) is 0 Å². The Labute approximate surface area is 113 Å². The maximum atomic E-state index is 10.8. The second kappa shape index (κ2) is 5.42. The number of aromatic nitrogens is 2. The molecule has 0 atom stereocenters. The van der Waals surface area contributed by atoms with E-state index in [0.717, 1.165) is 5.82 Å². The number of hydrogen-bond donors (Lipinski definition) is 1. The number of carboxylic acid groups (broad SMARTS) is 1. The Hall–Kier alpha value is -1.85. The van der Waals surface area contributed by atoms with E-state index in [1.165, 1.54) is 19.3 Å². The van der Waals surface area contributed by atoms with Gasteiger partial charge in [0.1, 0.15) is 24.0 Å². The molecule has 0 spiro atoms. The highest BCUT2D eigenvalue weighted by Gasteiger charge is 2.24. The van der Waals surface area contributed by atoms with Crippen LogP contribution in [0.1, 0.15) is 25.1 Å². The van der Waals surface area contributed by atoms with E-state index >= 15 is 0 Å². The highest BCUT2D eigenvalue weighted by Crippen LogP contribution is 2.28. The first-order valence-electron chi connectivity index (χ1n) is 6.49. The predicted octanol–water partition coefficient (Wildman–Crippen LogP) is 1.29. The van der Waals surface area contributed by atoms with Crippen LogP contribution < -0.4 is 9.80 Å². The van der Waals surface area contributed by atoms with Crippen LogP contribution in [0.5, 0.6) is 0 Å². The molecule has 1 aliphatic carbocycles. The van der Waals surface area contributed by atoms with Gasteiger partial charge in [-0.1, -0.05) is 0 Å². The van der Waals surface area contributed by atoms with Gasteiger partial charge in [-0.25, -0.2) is 9.97 Å². The summed E-state index contributed by atoms with van der Waals surface area (Å²) in [6.45, 7) is 1.76. The van der Waals surface area contributed by atoms with Gasteiger partial charge in [0, 0.05) is 26.2 Å². The molecule has 6 nitrogen and oxygen atoms in total. The van der Waals surface area contributed by atoms with Gasteiger partial charge in [0.15, 0.2) is 0 Å². The lowest BCUT2D eigenvalue weighted by molar-refractivity contribution is -0.135. The Kier molecular flexibility index (Phi) is 3.87. The third-order valence-electron chi connectivity index (χ3n) is 3.56. The number of aryl methyl sites for hydroxylation is 1. The van der Waals surface area contributed by atoms with Crippen LogP contribution in [0, 0.1) is 6.92 Å². The lowest BCUT2D eigenvalue weighted by atomic mass is 9.92. The molecule has 2 rings (SSSR count). The van der Waals surface area contributed by atoms with Gasteiger partial charge in [-0.2, -0.15) is 0 Å². The molecule has 1 aromatic heterocycles. The summed E-state index contributed by atoms with van der Waals surface area (Å²) in [5.41, 5.74) is 0. The number of carbonyl (C=O) groups is 1. The Morgan fingerprint density at radius 1 is 1.37 bits per heavy atom. The summed E-state index contributed by atoms with van der Waals surface area (Å²) in [5, 5.41) is 8.83. The minimum absolute atomic E-state index is 0.0664. The van der Waals surface area contributed by atoms with Crippen molar-refractivity contribution in [2.75, 3.05) is 30.4 Å². The van der Waals surface area contributed by atoms with Crippen LogP contribution >= 0.6 is 0 Å². The van der Waals surface area contributed by atoms with Crippen molar-refractivity contribution in [3.05, 3.63) is 11.9 Å². The second-order valence-corrected chi connectivity index (χ2v) is 5.08. The van der Waals surface area contributed by atoms with Crippen LogP contribution in [-0.2, 0) is 4.79 Å². The molecule has 1 N–H and O–H groups in total. The Morgan fingerprint density at radius 3 is 2.53 bits per heavy atom. The molecule has 0 aromatic carbocycles. The van der Waals surface area contributed by atoms with Crippen LogP contribution in [0.2, 0.25) is 0 Å². The van der Waals surface area contributed by atoms with Gasteiger partial charge in [-0.15, -0.1) is 0 Å². The van der Waals surface area contributed by atoms with Crippen molar-refractivity contribution < 1.29 is 9.90 Å². The standard InChI is InChI=1S/C13H20N4O2/c1-9-14-11(16(2)8-13(18)19)7-12(15-9)17(3)10-5-4-6-10/h7,10H,4-6,8H2,1-3H3,(H,18,19). The molecule has 1 saturated carbocycles. The Balaban J connectivity index is 2.20. The topological polar surface area (TPSA) is 69.6 Å². The number of likely N-dealkylation sites (N-methyl/N-ethyl adjacent to an activating group) is 1. The Morgan fingerprint density at radius 2 is 2.00 bits per heavy atom. The van der Waals surface area contributed by atoms with Crippen LogP contribution in [0.15, 0.2) is 6.07 Å². The van der Waals surface area contributed by atoms with Crippen molar-refractivity contribution in [2.24, 2.45) is 0 Å². The highest BCUT2D eigenvalue weighted by atomic mass is 16.4. The molecule has 0 saturated heterocycles. The minimum Gasteiger partial charge on any atom is -0.480 e. The first-order chi connectivity index (χ1) is 8.97. The summed E-state index contributed by atoms with van der Waals surface area (Å²) < 4.78 is 0. The Bertz CT molecular complexity index is 474. The number of anilines is 2. The van der Waals surface area contributed by atoms with Gasteiger partial charge in [-0.3, -0.25) is 4.79 Å². The summed E-state index contributed by atoms with van der Waals surface area (Å²) in [4.78, 5) is 23.3.